The van der Waals surface area contributed by atoms with Gasteiger partial charge in [-0.05, 0) is 20.5 Å². The Kier molecular flexibility index (Phi) is 133. The van der Waals surface area contributed by atoms with E-state index in [0.717, 1.165) is 13.2 Å². The first-order valence-electron chi connectivity index (χ1n) is 4.51. The molecule has 0 rings (SSSR count). The van der Waals surface area contributed by atoms with Gasteiger partial charge < -0.3 is 16.2 Å². The summed E-state index contributed by atoms with van der Waals surface area (Å²) < 4.78 is 4.54. The number of ether oxygens (including phenoxy) is 1. The molecular formula is C9H28N2O. The van der Waals surface area contributed by atoms with Crippen LogP contribution in [-0.4, -0.2) is 27.3 Å². The van der Waals surface area contributed by atoms with Gasteiger partial charge in [0.25, 0.3) is 0 Å². The average Bonchev–Trinajstić information content (AvgIpc) is 2.10. The van der Waals surface area contributed by atoms with Gasteiger partial charge >= 0.3 is 0 Å². The molecule has 0 fully saturated rings. The minimum atomic E-state index is 0.750. The Balaban J connectivity index is -0.0000000368. The van der Waals surface area contributed by atoms with Gasteiger partial charge in [-0.2, -0.15) is 0 Å². The van der Waals surface area contributed by atoms with Crippen molar-refractivity contribution in [1.29, 1.82) is 0 Å². The zero-order chi connectivity index (χ0) is 10.8. The highest BCUT2D eigenvalue weighted by molar-refractivity contribution is 4.00. The fraction of sp³-hybridized carbons (Fsp3) is 1.00. The van der Waals surface area contributed by atoms with Gasteiger partial charge in [-0.15, -0.1) is 0 Å². The van der Waals surface area contributed by atoms with E-state index in [-0.39, 0.29) is 0 Å². The Hall–Kier alpha value is -0.120. The first-order chi connectivity index (χ1) is 5.74. The third kappa shape index (κ3) is 1010. The number of nitrogens with two attached hydrogens (primary N) is 2. The van der Waals surface area contributed by atoms with Crippen molar-refractivity contribution in [2.24, 2.45) is 11.5 Å². The summed E-state index contributed by atoms with van der Waals surface area (Å²) in [4.78, 5) is 0. The summed E-state index contributed by atoms with van der Waals surface area (Å²) in [6.07, 6.45) is 1.25. The molecule has 3 heteroatoms. The van der Waals surface area contributed by atoms with Crippen molar-refractivity contribution in [2.75, 3.05) is 27.3 Å². The zero-order valence-corrected chi connectivity index (χ0v) is 9.68. The fourth-order valence-electron chi connectivity index (χ4n) is 0. The highest BCUT2D eigenvalue weighted by Gasteiger charge is 1.51. The molecule has 0 radical (unpaired) electrons. The predicted octanol–water partition coefficient (Wildman–Crippen LogP) is 1.61. The molecule has 0 saturated heterocycles. The second-order valence-corrected chi connectivity index (χ2v) is 1.69. The molecular weight excluding hydrogens is 152 g/mol. The van der Waals surface area contributed by atoms with E-state index in [9.17, 15) is 0 Å². The summed E-state index contributed by atoms with van der Waals surface area (Å²) in [5, 5.41) is 0. The van der Waals surface area contributed by atoms with Gasteiger partial charge in [0.15, 0.2) is 0 Å². The Bertz CT molecular complexity index is 24.5. The standard InChI is InChI=1S/C3H8O.C3H8.C2H7N.CH5N/c1-3-4-2;1-3-2;1-2-3;1-2/h3H2,1-2H3;3H2,1-2H3;2-3H2,1H3;2H2,1H3. The molecule has 0 unspecified atom stereocenters. The topological polar surface area (TPSA) is 61.3 Å². The lowest BCUT2D eigenvalue weighted by Gasteiger charge is -1.76. The lowest BCUT2D eigenvalue weighted by atomic mass is 10.6. The molecule has 3 nitrogen and oxygen atoms in total. The van der Waals surface area contributed by atoms with Crippen molar-refractivity contribution in [2.45, 2.75) is 34.1 Å². The predicted molar refractivity (Wildman–Crippen MR) is 58.4 cm³/mol. The van der Waals surface area contributed by atoms with Gasteiger partial charge in [0.1, 0.15) is 0 Å². The van der Waals surface area contributed by atoms with Crippen LogP contribution >= 0.6 is 0 Å². The van der Waals surface area contributed by atoms with Crippen LogP contribution in [0.1, 0.15) is 34.1 Å². The zero-order valence-electron chi connectivity index (χ0n) is 9.68. The maximum atomic E-state index is 4.85. The Labute approximate surface area is 78.5 Å². The number of methoxy groups -OCH3 is 1. The minimum absolute atomic E-state index is 0.750. The van der Waals surface area contributed by atoms with Gasteiger partial charge in [-0.1, -0.05) is 27.2 Å². The van der Waals surface area contributed by atoms with Crippen molar-refractivity contribution >= 4 is 0 Å². The summed E-state index contributed by atoms with van der Waals surface area (Å²) >= 11 is 0. The monoisotopic (exact) mass is 180 g/mol. The second-order valence-electron chi connectivity index (χ2n) is 1.69. The van der Waals surface area contributed by atoms with Crippen LogP contribution in [0.3, 0.4) is 0 Å². The van der Waals surface area contributed by atoms with Crippen LogP contribution in [0.15, 0.2) is 0 Å². The summed E-state index contributed by atoms with van der Waals surface area (Å²) in [7, 11) is 3.18. The van der Waals surface area contributed by atoms with E-state index in [1.54, 1.807) is 7.11 Å². The third-order valence-electron chi connectivity index (χ3n) is 0.289. The van der Waals surface area contributed by atoms with Crippen molar-refractivity contribution in [1.82, 2.24) is 0 Å². The molecule has 0 saturated carbocycles. The SMILES string of the molecule is CCC.CCN.CCOC.CN. The van der Waals surface area contributed by atoms with Gasteiger partial charge in [0.2, 0.25) is 0 Å². The molecule has 0 aliphatic rings. The maximum absolute atomic E-state index is 4.85. The average molecular weight is 180 g/mol. The molecule has 0 atom stereocenters. The largest absolute Gasteiger partial charge is 0.385 e. The van der Waals surface area contributed by atoms with E-state index in [4.69, 9.17) is 5.73 Å². The van der Waals surface area contributed by atoms with Crippen molar-refractivity contribution in [3.63, 3.8) is 0 Å². The van der Waals surface area contributed by atoms with E-state index < -0.39 is 0 Å². The lowest BCUT2D eigenvalue weighted by Crippen LogP contribution is -1.87. The highest BCUT2D eigenvalue weighted by atomic mass is 16.5. The first-order valence-corrected chi connectivity index (χ1v) is 4.51. The van der Waals surface area contributed by atoms with E-state index in [2.05, 4.69) is 24.3 Å². The molecule has 0 aliphatic carbocycles. The first kappa shape index (κ1) is 22.6. The Morgan fingerprint density at radius 1 is 1.00 bits per heavy atom. The molecule has 4 N–H and O–H groups in total. The molecule has 0 heterocycles. The van der Waals surface area contributed by atoms with Crippen LogP contribution in [0, 0.1) is 0 Å². The molecule has 0 aromatic carbocycles. The van der Waals surface area contributed by atoms with Crippen LogP contribution in [0.4, 0.5) is 0 Å². The van der Waals surface area contributed by atoms with Gasteiger partial charge in [-0.25, -0.2) is 0 Å². The van der Waals surface area contributed by atoms with Gasteiger partial charge in [0.05, 0.1) is 0 Å². The Morgan fingerprint density at radius 3 is 1.08 bits per heavy atom. The van der Waals surface area contributed by atoms with E-state index in [0.29, 0.717) is 0 Å². The number of rotatable bonds is 1. The van der Waals surface area contributed by atoms with Gasteiger partial charge in [-0.3, -0.25) is 0 Å². The Morgan fingerprint density at radius 2 is 1.08 bits per heavy atom. The van der Waals surface area contributed by atoms with Crippen molar-refractivity contribution < 1.29 is 4.74 Å². The molecule has 80 valence electrons. The van der Waals surface area contributed by atoms with E-state index >= 15 is 0 Å². The van der Waals surface area contributed by atoms with Crippen molar-refractivity contribution in [3.05, 3.63) is 0 Å². The van der Waals surface area contributed by atoms with Gasteiger partial charge in [0, 0.05) is 13.7 Å². The van der Waals surface area contributed by atoms with Crippen LogP contribution in [-0.2, 0) is 4.74 Å². The van der Waals surface area contributed by atoms with Crippen LogP contribution in [0.25, 0.3) is 0 Å². The molecule has 0 amide bonds. The normalized spacial score (nSPS) is 6.00. The van der Waals surface area contributed by atoms with E-state index in [1.165, 1.54) is 13.5 Å². The summed E-state index contributed by atoms with van der Waals surface area (Å²) in [6.45, 7) is 9.68. The number of hydrogen-bond donors (Lipinski definition) is 2. The summed E-state index contributed by atoms with van der Waals surface area (Å²) in [6, 6.07) is 0. The summed E-state index contributed by atoms with van der Waals surface area (Å²) in [5.74, 6) is 0. The molecule has 0 spiro atoms. The molecule has 0 bridgehead atoms. The third-order valence-corrected chi connectivity index (χ3v) is 0.289. The van der Waals surface area contributed by atoms with Crippen LogP contribution in [0.5, 0.6) is 0 Å². The van der Waals surface area contributed by atoms with E-state index in [1.807, 2.05) is 13.8 Å². The highest BCUT2D eigenvalue weighted by Crippen LogP contribution is 1.56. The second kappa shape index (κ2) is 70.5. The molecule has 12 heavy (non-hydrogen) atoms. The maximum Gasteiger partial charge on any atom is 0.0433 e. The van der Waals surface area contributed by atoms with Crippen molar-refractivity contribution in [3.8, 4) is 0 Å². The quantitative estimate of drug-likeness (QED) is 0.644. The van der Waals surface area contributed by atoms with Crippen LogP contribution < -0.4 is 11.5 Å². The molecule has 0 aromatic heterocycles. The fourth-order valence-corrected chi connectivity index (χ4v) is 0. The smallest absolute Gasteiger partial charge is 0.0433 e. The number of hydrogen-bond acceptors (Lipinski definition) is 3. The lowest BCUT2D eigenvalue weighted by molar-refractivity contribution is 0.215. The molecule has 0 aliphatic heterocycles. The molecule has 0 aromatic rings. The van der Waals surface area contributed by atoms with Crippen LogP contribution in [0.2, 0.25) is 0 Å². The summed E-state index contributed by atoms with van der Waals surface area (Å²) in [5.41, 5.74) is 9.35. The minimum Gasteiger partial charge on any atom is -0.385 e.